The van der Waals surface area contributed by atoms with Crippen molar-refractivity contribution in [3.8, 4) is 6.07 Å². The second kappa shape index (κ2) is 9.36. The largest absolute Gasteiger partial charge is 0.434 e. The minimum absolute atomic E-state index is 0.0761. The van der Waals surface area contributed by atoms with Gasteiger partial charge in [0.1, 0.15) is 12.1 Å². The maximum atomic E-state index is 12.7. The maximum absolute atomic E-state index is 12.7. The van der Waals surface area contributed by atoms with Crippen molar-refractivity contribution >= 4 is 12.0 Å². The summed E-state index contributed by atoms with van der Waals surface area (Å²) < 4.78 is 10.0. The summed E-state index contributed by atoms with van der Waals surface area (Å²) in [6.45, 7) is 1.85. The number of carbonyl (C=O) groups excluding carboxylic acids is 2. The number of ether oxygens (including phenoxy) is 2. The number of amides is 2. The minimum atomic E-state index is -0.700. The predicted octanol–water partition coefficient (Wildman–Crippen LogP) is 1.43. The number of nitriles is 1. The van der Waals surface area contributed by atoms with E-state index in [0.29, 0.717) is 38.6 Å². The van der Waals surface area contributed by atoms with Gasteiger partial charge in [0.25, 0.3) is 0 Å². The standard InChI is InChI=1S/C16H25N3O4/c17-6-9-23-16(21)18-14(12-13-4-2-1-3-5-13)15(20)19-7-10-22-11-8-19/h13-14H,1-5,7-12H2,(H,18,21). The first kappa shape index (κ1) is 17.5. The van der Waals surface area contributed by atoms with Crippen LogP contribution in [0.1, 0.15) is 38.5 Å². The number of carbonyl (C=O) groups is 2. The Morgan fingerprint density at radius 2 is 1.96 bits per heavy atom. The van der Waals surface area contributed by atoms with Gasteiger partial charge in [0, 0.05) is 13.1 Å². The fourth-order valence-corrected chi connectivity index (χ4v) is 3.26. The average molecular weight is 323 g/mol. The van der Waals surface area contributed by atoms with E-state index < -0.39 is 12.1 Å². The smallest absolute Gasteiger partial charge is 0.408 e. The maximum Gasteiger partial charge on any atom is 0.408 e. The summed E-state index contributed by atoms with van der Waals surface area (Å²) in [6, 6.07) is 1.17. The topological polar surface area (TPSA) is 91.7 Å². The normalized spacial score (nSPS) is 20.4. The third-order valence-corrected chi connectivity index (χ3v) is 4.47. The third kappa shape index (κ3) is 5.71. The summed E-state index contributed by atoms with van der Waals surface area (Å²) in [7, 11) is 0. The van der Waals surface area contributed by atoms with Gasteiger partial charge in [0.15, 0.2) is 6.61 Å². The quantitative estimate of drug-likeness (QED) is 0.826. The number of hydrogen-bond acceptors (Lipinski definition) is 5. The average Bonchev–Trinajstić information content (AvgIpc) is 2.60. The van der Waals surface area contributed by atoms with Crippen LogP contribution >= 0.6 is 0 Å². The van der Waals surface area contributed by atoms with Crippen LogP contribution in [-0.4, -0.2) is 55.9 Å². The summed E-state index contributed by atoms with van der Waals surface area (Å²) in [5.74, 6) is 0.378. The molecule has 1 aliphatic heterocycles. The van der Waals surface area contributed by atoms with Crippen LogP contribution in [0.25, 0.3) is 0 Å². The van der Waals surface area contributed by atoms with E-state index >= 15 is 0 Å². The zero-order chi connectivity index (χ0) is 16.5. The van der Waals surface area contributed by atoms with Gasteiger partial charge in [-0.1, -0.05) is 32.1 Å². The van der Waals surface area contributed by atoms with Crippen LogP contribution in [0.5, 0.6) is 0 Å². The van der Waals surface area contributed by atoms with Gasteiger partial charge in [0.2, 0.25) is 5.91 Å². The van der Waals surface area contributed by atoms with E-state index in [0.717, 1.165) is 12.8 Å². The van der Waals surface area contributed by atoms with Gasteiger partial charge in [-0.15, -0.1) is 0 Å². The van der Waals surface area contributed by atoms with Gasteiger partial charge in [-0.3, -0.25) is 4.79 Å². The van der Waals surface area contributed by atoms with E-state index in [2.05, 4.69) is 5.32 Å². The Balaban J connectivity index is 1.95. The Kier molecular flexibility index (Phi) is 7.14. The van der Waals surface area contributed by atoms with Crippen molar-refractivity contribution in [2.45, 2.75) is 44.6 Å². The molecule has 1 aliphatic carbocycles. The number of hydrogen-bond donors (Lipinski definition) is 1. The molecule has 7 nitrogen and oxygen atoms in total. The lowest BCUT2D eigenvalue weighted by molar-refractivity contribution is -0.138. The number of nitrogens with zero attached hydrogens (tertiary/aromatic N) is 2. The Hall–Kier alpha value is -1.81. The molecule has 0 aromatic heterocycles. The lowest BCUT2D eigenvalue weighted by atomic mass is 9.84. The molecule has 1 saturated carbocycles. The van der Waals surface area contributed by atoms with E-state index in [1.807, 2.05) is 0 Å². The van der Waals surface area contributed by atoms with Gasteiger partial charge in [-0.2, -0.15) is 5.26 Å². The molecule has 0 spiro atoms. The van der Waals surface area contributed by atoms with Crippen LogP contribution in [0, 0.1) is 17.2 Å². The highest BCUT2D eigenvalue weighted by Crippen LogP contribution is 2.27. The fourth-order valence-electron chi connectivity index (χ4n) is 3.26. The minimum Gasteiger partial charge on any atom is -0.434 e. The van der Waals surface area contributed by atoms with E-state index in [4.69, 9.17) is 14.7 Å². The highest BCUT2D eigenvalue weighted by Gasteiger charge is 2.30. The second-order valence-electron chi connectivity index (χ2n) is 6.11. The van der Waals surface area contributed by atoms with E-state index in [-0.39, 0.29) is 12.5 Å². The number of alkyl carbamates (subject to hydrolysis) is 1. The molecule has 128 valence electrons. The van der Waals surface area contributed by atoms with Gasteiger partial charge < -0.3 is 19.7 Å². The molecular weight excluding hydrogens is 298 g/mol. The van der Waals surface area contributed by atoms with Crippen LogP contribution < -0.4 is 5.32 Å². The molecule has 2 fully saturated rings. The van der Waals surface area contributed by atoms with Gasteiger partial charge >= 0.3 is 6.09 Å². The van der Waals surface area contributed by atoms with Crippen molar-refractivity contribution in [1.29, 1.82) is 5.26 Å². The monoisotopic (exact) mass is 323 g/mol. The molecular formula is C16H25N3O4. The number of morpholine rings is 1. The SMILES string of the molecule is N#CCOC(=O)NC(CC1CCCCC1)C(=O)N1CCOCC1. The Labute approximate surface area is 136 Å². The Bertz CT molecular complexity index is 437. The second-order valence-corrected chi connectivity index (χ2v) is 6.11. The molecule has 1 N–H and O–H groups in total. The molecule has 2 amide bonds. The molecule has 23 heavy (non-hydrogen) atoms. The van der Waals surface area contributed by atoms with Crippen molar-refractivity contribution in [3.05, 3.63) is 0 Å². The van der Waals surface area contributed by atoms with Crippen LogP contribution in [0.3, 0.4) is 0 Å². The Morgan fingerprint density at radius 1 is 1.26 bits per heavy atom. The molecule has 0 aromatic carbocycles. The lowest BCUT2D eigenvalue weighted by Gasteiger charge is -2.32. The fraction of sp³-hybridized carbons (Fsp3) is 0.812. The summed E-state index contributed by atoms with van der Waals surface area (Å²) >= 11 is 0. The van der Waals surface area contributed by atoms with Crippen LogP contribution in [0.15, 0.2) is 0 Å². The summed E-state index contributed by atoms with van der Waals surface area (Å²) in [6.07, 6.45) is 5.75. The molecule has 0 radical (unpaired) electrons. The Morgan fingerprint density at radius 3 is 2.61 bits per heavy atom. The first-order valence-corrected chi connectivity index (χ1v) is 8.37. The van der Waals surface area contributed by atoms with Crippen molar-refractivity contribution < 1.29 is 19.1 Å². The molecule has 1 saturated heterocycles. The molecule has 0 bridgehead atoms. The highest BCUT2D eigenvalue weighted by atomic mass is 16.5. The zero-order valence-corrected chi connectivity index (χ0v) is 13.5. The van der Waals surface area contributed by atoms with Crippen molar-refractivity contribution in [1.82, 2.24) is 10.2 Å². The van der Waals surface area contributed by atoms with Crippen molar-refractivity contribution in [3.63, 3.8) is 0 Å². The van der Waals surface area contributed by atoms with Gasteiger partial charge in [-0.25, -0.2) is 4.79 Å². The predicted molar refractivity (Wildman–Crippen MR) is 82.5 cm³/mol. The molecule has 1 atom stereocenters. The van der Waals surface area contributed by atoms with E-state index in [9.17, 15) is 9.59 Å². The molecule has 1 heterocycles. The third-order valence-electron chi connectivity index (χ3n) is 4.47. The van der Waals surface area contributed by atoms with Crippen LogP contribution in [-0.2, 0) is 14.3 Å². The van der Waals surface area contributed by atoms with Crippen LogP contribution in [0.4, 0.5) is 4.79 Å². The van der Waals surface area contributed by atoms with E-state index in [1.165, 1.54) is 19.3 Å². The zero-order valence-electron chi connectivity index (χ0n) is 13.5. The van der Waals surface area contributed by atoms with Crippen molar-refractivity contribution in [2.24, 2.45) is 5.92 Å². The molecule has 1 unspecified atom stereocenters. The lowest BCUT2D eigenvalue weighted by Crippen LogP contribution is -2.52. The number of nitrogens with one attached hydrogen (secondary N) is 1. The summed E-state index contributed by atoms with van der Waals surface area (Å²) in [4.78, 5) is 26.2. The van der Waals surface area contributed by atoms with Gasteiger partial charge in [-0.05, 0) is 12.3 Å². The summed E-state index contributed by atoms with van der Waals surface area (Å²) in [5.41, 5.74) is 0. The van der Waals surface area contributed by atoms with E-state index in [1.54, 1.807) is 11.0 Å². The molecule has 2 rings (SSSR count). The highest BCUT2D eigenvalue weighted by molar-refractivity contribution is 5.85. The first-order valence-electron chi connectivity index (χ1n) is 8.37. The molecule has 0 aromatic rings. The molecule has 2 aliphatic rings. The number of rotatable bonds is 5. The summed E-state index contributed by atoms with van der Waals surface area (Å²) in [5, 5.41) is 11.1. The van der Waals surface area contributed by atoms with Crippen molar-refractivity contribution in [2.75, 3.05) is 32.9 Å². The first-order chi connectivity index (χ1) is 11.2. The molecule has 7 heteroatoms. The van der Waals surface area contributed by atoms with Crippen LogP contribution in [0.2, 0.25) is 0 Å². The van der Waals surface area contributed by atoms with Gasteiger partial charge in [0.05, 0.1) is 13.2 Å².